The quantitative estimate of drug-likeness (QED) is 0.798. The second-order valence-corrected chi connectivity index (χ2v) is 9.84. The summed E-state index contributed by atoms with van der Waals surface area (Å²) in [5.41, 5.74) is 6.43. The van der Waals surface area contributed by atoms with Gasteiger partial charge in [0.05, 0.1) is 15.8 Å². The van der Waals surface area contributed by atoms with Crippen molar-refractivity contribution in [3.05, 3.63) is 58.6 Å². The Morgan fingerprint density at radius 3 is 2.33 bits per heavy atom. The fourth-order valence-corrected chi connectivity index (χ4v) is 8.16. The number of hydrogen-bond acceptors (Lipinski definition) is 1. The Morgan fingerprint density at radius 1 is 1.00 bits per heavy atom. The van der Waals surface area contributed by atoms with Gasteiger partial charge in [-0.3, -0.25) is 0 Å². The van der Waals surface area contributed by atoms with Crippen molar-refractivity contribution in [1.29, 1.82) is 0 Å². The minimum Gasteiger partial charge on any atom is -0.478 e. The van der Waals surface area contributed by atoms with Crippen molar-refractivity contribution in [3.63, 3.8) is 0 Å². The molecule has 2 rings (SSSR count). The van der Waals surface area contributed by atoms with Crippen LogP contribution in [-0.4, -0.2) is 26.9 Å². The van der Waals surface area contributed by atoms with Gasteiger partial charge in [0.15, 0.2) is 0 Å². The molecule has 0 fully saturated rings. The molecule has 0 bridgehead atoms. The number of carbonyl (C=O) groups is 1. The van der Waals surface area contributed by atoms with Crippen LogP contribution < -0.4 is 0 Å². The molecule has 2 heterocycles. The van der Waals surface area contributed by atoms with E-state index in [1.54, 1.807) is 6.07 Å². The van der Waals surface area contributed by atoms with Gasteiger partial charge in [-0.15, -0.1) is 0 Å². The van der Waals surface area contributed by atoms with Crippen molar-refractivity contribution >= 4 is 21.8 Å². The summed E-state index contributed by atoms with van der Waals surface area (Å²) in [7, 11) is -1.82. The van der Waals surface area contributed by atoms with E-state index in [2.05, 4.69) is 17.0 Å². The van der Waals surface area contributed by atoms with Gasteiger partial charge in [0.1, 0.15) is 0 Å². The zero-order chi connectivity index (χ0) is 10.7. The Kier molecular flexibility index (Phi) is 2.98. The van der Waals surface area contributed by atoms with Gasteiger partial charge in [-0.1, -0.05) is 53.4 Å². The van der Waals surface area contributed by atoms with Gasteiger partial charge in [-0.2, -0.15) is 0 Å². The van der Waals surface area contributed by atoms with Crippen LogP contribution in [-0.2, 0) is 0 Å². The molecule has 0 radical (unpaired) electrons. The molecule has 0 atom stereocenters. The predicted molar refractivity (Wildman–Crippen MR) is 62.5 cm³/mol. The van der Waals surface area contributed by atoms with E-state index in [0.717, 1.165) is 0 Å². The summed E-state index contributed by atoms with van der Waals surface area (Å²) in [5, 5.41) is 9.71. The number of hydrogen-bond donors (Lipinski definition) is 1. The highest BCUT2D eigenvalue weighted by atomic mass is 29.2. The van der Waals surface area contributed by atoms with Crippen LogP contribution in [0.3, 0.4) is 0 Å². The molecule has 74 valence electrons. The lowest BCUT2D eigenvalue weighted by molar-refractivity contribution is 0.0701. The molecule has 2 nitrogen and oxygen atoms in total. The minimum absolute atomic E-state index is 0.604. The van der Waals surface area contributed by atoms with Crippen molar-refractivity contribution < 1.29 is 9.90 Å². The molecule has 0 aliphatic heterocycles. The van der Waals surface area contributed by atoms with Crippen LogP contribution in [0.2, 0.25) is 0 Å². The van der Waals surface area contributed by atoms with Crippen LogP contribution in [0.5, 0.6) is 0 Å². The molecule has 0 aromatic carbocycles. The molecule has 2 aromatic rings. The number of carboxylic acids is 1. The summed E-state index contributed by atoms with van der Waals surface area (Å²) in [4.78, 5) is 11.1. The highest BCUT2D eigenvalue weighted by molar-refractivity contribution is 7.15. The third kappa shape index (κ3) is 2.16. The molecule has 0 unspecified atom stereocenters. The van der Waals surface area contributed by atoms with E-state index in [4.69, 9.17) is 5.11 Å². The summed E-state index contributed by atoms with van der Waals surface area (Å²) in [6.45, 7) is 0. The van der Waals surface area contributed by atoms with Crippen LogP contribution in [0.4, 0.5) is 0 Å². The maximum absolute atomic E-state index is 11.1. The fraction of sp³-hybridized carbons (Fsp3) is 0. The first-order valence-electron chi connectivity index (χ1n) is 4.67. The first kappa shape index (κ1) is 10.1. The molecule has 1 N–H and O–H groups in total. The summed E-state index contributed by atoms with van der Waals surface area (Å²) >= 11 is 0. The number of carboxylic acid groups (broad SMARTS) is 1. The average molecular weight is 230 g/mol. The van der Waals surface area contributed by atoms with E-state index in [1.807, 2.05) is 30.3 Å². The van der Waals surface area contributed by atoms with Crippen molar-refractivity contribution in [2.45, 2.75) is 0 Å². The fourth-order valence-electron chi connectivity index (χ4n) is 1.54. The Labute approximate surface area is 90.7 Å². The average Bonchev–Trinajstić information content (AvgIpc) is 2.30. The topological polar surface area (TPSA) is 37.3 Å². The van der Waals surface area contributed by atoms with Gasteiger partial charge in [0.25, 0.3) is 0 Å². The molecule has 0 saturated carbocycles. The number of rotatable bonds is 2. The lowest BCUT2D eigenvalue weighted by atomic mass is 10.4. The molecule has 4 heteroatoms. The molecule has 0 spiro atoms. The lowest BCUT2D eigenvalue weighted by Crippen LogP contribution is -2.19. The maximum atomic E-state index is 11.1. The molecule has 0 saturated heterocycles. The highest BCUT2D eigenvalue weighted by Gasteiger charge is 2.10. The third-order valence-corrected chi connectivity index (χ3v) is 9.63. The Bertz CT molecular complexity index is 483. The standard InChI is InChI=1S/C11H10O2Si2/c12-11(13)10-6-2-5-9-15(10)14-7-3-1-4-8-14/h1-9H,(H,12,13). The van der Waals surface area contributed by atoms with Crippen LogP contribution in [0.25, 0.3) is 0 Å². The van der Waals surface area contributed by atoms with E-state index in [9.17, 15) is 4.79 Å². The summed E-state index contributed by atoms with van der Waals surface area (Å²) in [6, 6.07) is 11.6. The van der Waals surface area contributed by atoms with Gasteiger partial charge < -0.3 is 5.11 Å². The second kappa shape index (κ2) is 4.42. The largest absolute Gasteiger partial charge is 0.478 e. The van der Waals surface area contributed by atoms with E-state index in [1.165, 1.54) is 0 Å². The van der Waals surface area contributed by atoms with Gasteiger partial charge in [-0.05, 0) is 0 Å². The first-order valence-corrected chi connectivity index (χ1v) is 8.90. The van der Waals surface area contributed by atoms with E-state index in [0.29, 0.717) is 5.17 Å². The van der Waals surface area contributed by atoms with Gasteiger partial charge in [0, 0.05) is 5.17 Å². The normalized spacial score (nSPS) is 9.87. The van der Waals surface area contributed by atoms with Crippen molar-refractivity contribution in [2.75, 3.05) is 0 Å². The Morgan fingerprint density at radius 2 is 1.67 bits per heavy atom. The molecule has 0 aliphatic rings. The van der Waals surface area contributed by atoms with Crippen LogP contribution >= 0.6 is 0 Å². The lowest BCUT2D eigenvalue weighted by Gasteiger charge is -2.03. The maximum Gasteiger partial charge on any atom is 0.331 e. The molecule has 2 aromatic heterocycles. The second-order valence-electron chi connectivity index (χ2n) is 3.22. The van der Waals surface area contributed by atoms with E-state index in [-0.39, 0.29) is 0 Å². The van der Waals surface area contributed by atoms with Crippen LogP contribution in [0.1, 0.15) is 9.97 Å². The van der Waals surface area contributed by atoms with Gasteiger partial charge in [-0.25, -0.2) is 4.79 Å². The monoisotopic (exact) mass is 230 g/mol. The first-order chi connectivity index (χ1) is 7.29. The summed E-state index contributed by atoms with van der Waals surface area (Å²) in [5.74, 6) is -0.765. The van der Waals surface area contributed by atoms with Crippen molar-refractivity contribution in [1.82, 2.24) is 0 Å². The van der Waals surface area contributed by atoms with Crippen LogP contribution in [0.15, 0.2) is 53.4 Å². The molecular weight excluding hydrogens is 220 g/mol. The molecule has 0 aliphatic carbocycles. The van der Waals surface area contributed by atoms with E-state index >= 15 is 0 Å². The van der Waals surface area contributed by atoms with Crippen molar-refractivity contribution in [2.24, 2.45) is 0 Å². The molecule has 0 amide bonds. The molecular formula is C11H10O2Si2. The predicted octanol–water partition coefficient (Wildman–Crippen LogP) is 1.75. The minimum atomic E-state index is -1.03. The van der Waals surface area contributed by atoms with Crippen molar-refractivity contribution in [3.8, 4) is 0 Å². The zero-order valence-corrected chi connectivity index (χ0v) is 10.1. The van der Waals surface area contributed by atoms with Gasteiger partial charge in [0.2, 0.25) is 0 Å². The van der Waals surface area contributed by atoms with Crippen LogP contribution in [0, 0.1) is 0 Å². The Balaban J connectivity index is 2.58. The highest BCUT2D eigenvalue weighted by Crippen LogP contribution is 2.00. The molecule has 15 heavy (non-hydrogen) atoms. The van der Waals surface area contributed by atoms with Gasteiger partial charge >= 0.3 is 5.97 Å². The Hall–Kier alpha value is -1.40. The zero-order valence-electron chi connectivity index (χ0n) is 8.05. The van der Waals surface area contributed by atoms with E-state index < -0.39 is 21.8 Å². The summed E-state index contributed by atoms with van der Waals surface area (Å²) < 4.78 is 0. The smallest absolute Gasteiger partial charge is 0.331 e. The summed E-state index contributed by atoms with van der Waals surface area (Å²) in [6.07, 6.45) is 0. The number of aromatic carboxylic acids is 1. The SMILES string of the molecule is O=C(O)c1cccc[si]1-[si]1ccccc1. The third-order valence-electron chi connectivity index (χ3n) is 2.24.